The average Bonchev–Trinajstić information content (AvgIpc) is 2.76. The van der Waals surface area contributed by atoms with Crippen LogP contribution in [-0.4, -0.2) is 21.3 Å². The molecule has 0 radical (unpaired) electrons. The molecule has 1 aliphatic heterocycles. The number of nitrogens with two attached hydrogens (primary N) is 1. The fraction of sp³-hybridized carbons (Fsp3) is 0.174. The fourth-order valence-corrected chi connectivity index (χ4v) is 3.80. The number of methoxy groups -OCH3 is 3. The van der Waals surface area contributed by atoms with Crippen molar-refractivity contribution >= 4 is 10.8 Å². The number of fused-ring (bicyclic) bond motifs is 3. The van der Waals surface area contributed by atoms with Gasteiger partial charge >= 0.3 is 0 Å². The molecule has 3 aromatic rings. The van der Waals surface area contributed by atoms with E-state index >= 15 is 0 Å². The molecule has 146 valence electrons. The van der Waals surface area contributed by atoms with Crippen LogP contribution in [0.2, 0.25) is 0 Å². The average molecular weight is 388 g/mol. The van der Waals surface area contributed by atoms with Crippen molar-refractivity contribution in [1.82, 2.24) is 0 Å². The quantitative estimate of drug-likeness (QED) is 0.725. The molecule has 6 nitrogen and oxygen atoms in total. The zero-order valence-electron chi connectivity index (χ0n) is 16.4. The smallest absolute Gasteiger partial charge is 0.205 e. The molecule has 1 heterocycles. The fourth-order valence-electron chi connectivity index (χ4n) is 3.80. The second kappa shape index (κ2) is 7.28. The van der Waals surface area contributed by atoms with Gasteiger partial charge in [-0.2, -0.15) is 5.26 Å². The van der Waals surface area contributed by atoms with Crippen molar-refractivity contribution in [1.29, 1.82) is 5.26 Å². The van der Waals surface area contributed by atoms with Gasteiger partial charge in [0.15, 0.2) is 11.5 Å². The van der Waals surface area contributed by atoms with Crippen molar-refractivity contribution in [3.8, 4) is 29.1 Å². The van der Waals surface area contributed by atoms with Gasteiger partial charge in [0.05, 0.1) is 27.2 Å². The zero-order valence-corrected chi connectivity index (χ0v) is 16.4. The number of allylic oxidation sites excluding steroid dienone is 1. The highest BCUT2D eigenvalue weighted by molar-refractivity contribution is 5.91. The van der Waals surface area contributed by atoms with E-state index in [1.54, 1.807) is 21.3 Å². The molecule has 0 spiro atoms. The van der Waals surface area contributed by atoms with E-state index in [9.17, 15) is 5.26 Å². The molecule has 0 aliphatic carbocycles. The van der Waals surface area contributed by atoms with Crippen LogP contribution in [0.15, 0.2) is 60.0 Å². The SMILES string of the molecule is COc1cc([C@@H]2C(C#N)=C(N)Oc3c2ccc2ccccc32)cc(OC)c1OC. The van der Waals surface area contributed by atoms with Gasteiger partial charge in [0.2, 0.25) is 11.6 Å². The van der Waals surface area contributed by atoms with Gasteiger partial charge in [-0.1, -0.05) is 36.4 Å². The number of hydrogen-bond acceptors (Lipinski definition) is 6. The predicted molar refractivity (Wildman–Crippen MR) is 109 cm³/mol. The minimum atomic E-state index is -0.429. The molecule has 0 saturated heterocycles. The maximum atomic E-state index is 9.83. The van der Waals surface area contributed by atoms with E-state index in [1.807, 2.05) is 48.5 Å². The van der Waals surface area contributed by atoms with Crippen molar-refractivity contribution < 1.29 is 18.9 Å². The van der Waals surface area contributed by atoms with Gasteiger partial charge in [0.25, 0.3) is 0 Å². The lowest BCUT2D eigenvalue weighted by molar-refractivity contribution is 0.323. The zero-order chi connectivity index (χ0) is 20.5. The number of rotatable bonds is 4. The largest absolute Gasteiger partial charge is 0.493 e. The van der Waals surface area contributed by atoms with Crippen LogP contribution in [0, 0.1) is 11.3 Å². The minimum Gasteiger partial charge on any atom is -0.493 e. The lowest BCUT2D eigenvalue weighted by atomic mass is 9.82. The summed E-state index contributed by atoms with van der Waals surface area (Å²) in [6.45, 7) is 0. The van der Waals surface area contributed by atoms with Crippen molar-refractivity contribution in [2.75, 3.05) is 21.3 Å². The van der Waals surface area contributed by atoms with Gasteiger partial charge in [0, 0.05) is 10.9 Å². The Bertz CT molecular complexity index is 1150. The molecular formula is C23H20N2O4. The summed E-state index contributed by atoms with van der Waals surface area (Å²) >= 11 is 0. The first-order valence-corrected chi connectivity index (χ1v) is 9.02. The molecule has 0 unspecified atom stereocenters. The number of hydrogen-bond donors (Lipinski definition) is 1. The van der Waals surface area contributed by atoms with Crippen LogP contribution in [0.25, 0.3) is 10.8 Å². The topological polar surface area (TPSA) is 86.7 Å². The molecule has 6 heteroatoms. The normalized spacial score (nSPS) is 15.3. The summed E-state index contributed by atoms with van der Waals surface area (Å²) in [4.78, 5) is 0. The molecule has 0 fully saturated rings. The highest BCUT2D eigenvalue weighted by atomic mass is 16.5. The summed E-state index contributed by atoms with van der Waals surface area (Å²) in [6.07, 6.45) is 0. The van der Waals surface area contributed by atoms with Crippen molar-refractivity contribution in [2.45, 2.75) is 5.92 Å². The lowest BCUT2D eigenvalue weighted by Crippen LogP contribution is -2.21. The van der Waals surface area contributed by atoms with Crippen LogP contribution in [0.4, 0.5) is 0 Å². The van der Waals surface area contributed by atoms with Gasteiger partial charge in [-0.3, -0.25) is 0 Å². The monoisotopic (exact) mass is 388 g/mol. The van der Waals surface area contributed by atoms with E-state index in [4.69, 9.17) is 24.7 Å². The second-order valence-electron chi connectivity index (χ2n) is 6.59. The number of ether oxygens (including phenoxy) is 4. The molecule has 0 bridgehead atoms. The first kappa shape index (κ1) is 18.5. The minimum absolute atomic E-state index is 0.0927. The lowest BCUT2D eigenvalue weighted by Gasteiger charge is -2.28. The Hall–Kier alpha value is -3.85. The standard InChI is InChI=1S/C23H20N2O4/c1-26-18-10-14(11-19(27-2)22(18)28-3)20-16-9-8-13-6-4-5-7-15(13)21(16)29-23(25)17(20)12-24/h4-11,20H,25H2,1-3H3/t20-/m0/s1. The predicted octanol–water partition coefficient (Wildman–Crippen LogP) is 4.08. The van der Waals surface area contributed by atoms with Crippen LogP contribution < -0.4 is 24.7 Å². The molecule has 3 aromatic carbocycles. The summed E-state index contributed by atoms with van der Waals surface area (Å²) in [6, 6.07) is 17.8. The first-order chi connectivity index (χ1) is 14.1. The number of benzene rings is 3. The number of nitrogens with zero attached hydrogens (tertiary/aromatic N) is 1. The van der Waals surface area contributed by atoms with Crippen LogP contribution in [0.1, 0.15) is 17.0 Å². The van der Waals surface area contributed by atoms with E-state index < -0.39 is 5.92 Å². The van der Waals surface area contributed by atoms with Crippen LogP contribution >= 0.6 is 0 Å². The molecular weight excluding hydrogens is 368 g/mol. The summed E-state index contributed by atoms with van der Waals surface area (Å²) in [5, 5.41) is 11.8. The Morgan fingerprint density at radius 2 is 1.66 bits per heavy atom. The third-order valence-electron chi connectivity index (χ3n) is 5.13. The van der Waals surface area contributed by atoms with Crippen LogP contribution in [-0.2, 0) is 0 Å². The molecule has 4 rings (SSSR count). The van der Waals surface area contributed by atoms with E-state index in [2.05, 4.69) is 6.07 Å². The van der Waals surface area contributed by atoms with E-state index in [0.717, 1.165) is 21.9 Å². The molecule has 2 N–H and O–H groups in total. The van der Waals surface area contributed by atoms with Gasteiger partial charge in [0.1, 0.15) is 17.4 Å². The summed E-state index contributed by atoms with van der Waals surface area (Å²) in [5.41, 5.74) is 8.14. The summed E-state index contributed by atoms with van der Waals surface area (Å²) < 4.78 is 22.3. The summed E-state index contributed by atoms with van der Waals surface area (Å²) in [7, 11) is 4.67. The Morgan fingerprint density at radius 3 is 2.28 bits per heavy atom. The maximum absolute atomic E-state index is 9.83. The van der Waals surface area contributed by atoms with Gasteiger partial charge in [-0.25, -0.2) is 0 Å². The van der Waals surface area contributed by atoms with Gasteiger partial charge in [-0.15, -0.1) is 0 Å². The molecule has 1 aliphatic rings. The van der Waals surface area contributed by atoms with Crippen LogP contribution in [0.3, 0.4) is 0 Å². The van der Waals surface area contributed by atoms with Crippen molar-refractivity contribution in [3.05, 3.63) is 71.1 Å². The van der Waals surface area contributed by atoms with Crippen molar-refractivity contribution in [3.63, 3.8) is 0 Å². The molecule has 0 saturated carbocycles. The Balaban J connectivity index is 2.01. The van der Waals surface area contributed by atoms with E-state index in [1.165, 1.54) is 0 Å². The van der Waals surface area contributed by atoms with E-state index in [0.29, 0.717) is 28.6 Å². The number of nitriles is 1. The molecule has 0 aromatic heterocycles. The van der Waals surface area contributed by atoms with Crippen LogP contribution in [0.5, 0.6) is 23.0 Å². The maximum Gasteiger partial charge on any atom is 0.205 e. The van der Waals surface area contributed by atoms with Gasteiger partial charge < -0.3 is 24.7 Å². The van der Waals surface area contributed by atoms with Gasteiger partial charge in [-0.05, 0) is 23.1 Å². The molecule has 1 atom stereocenters. The van der Waals surface area contributed by atoms with Crippen molar-refractivity contribution in [2.24, 2.45) is 5.73 Å². The third-order valence-corrected chi connectivity index (χ3v) is 5.13. The third kappa shape index (κ3) is 2.88. The Morgan fingerprint density at radius 1 is 0.966 bits per heavy atom. The highest BCUT2D eigenvalue weighted by Gasteiger charge is 2.33. The highest BCUT2D eigenvalue weighted by Crippen LogP contribution is 2.48. The molecule has 0 amide bonds. The first-order valence-electron chi connectivity index (χ1n) is 9.02. The second-order valence-corrected chi connectivity index (χ2v) is 6.59. The van der Waals surface area contributed by atoms with E-state index in [-0.39, 0.29) is 5.88 Å². The summed E-state index contributed by atoms with van der Waals surface area (Å²) in [5.74, 6) is 1.81. The molecule has 29 heavy (non-hydrogen) atoms. The Labute approximate surface area is 168 Å². The Kier molecular flexibility index (Phi) is 4.65.